The van der Waals surface area contributed by atoms with E-state index in [1.807, 2.05) is 30.7 Å². The second-order valence-corrected chi connectivity index (χ2v) is 4.48. The van der Waals surface area contributed by atoms with Gasteiger partial charge >= 0.3 is 0 Å². The molecule has 3 heterocycles. The minimum absolute atomic E-state index is 0.833. The Morgan fingerprint density at radius 2 is 2.11 bits per heavy atom. The lowest BCUT2D eigenvalue weighted by molar-refractivity contribution is 0.228. The molecule has 1 fully saturated rings. The summed E-state index contributed by atoms with van der Waals surface area (Å²) in [7, 11) is 0. The monoisotopic (exact) mass is 243 g/mol. The first-order valence-electron chi connectivity index (χ1n) is 6.30. The van der Waals surface area contributed by atoms with Gasteiger partial charge in [0, 0.05) is 50.3 Å². The molecule has 0 atom stereocenters. The van der Waals surface area contributed by atoms with Crippen molar-refractivity contribution in [3.63, 3.8) is 0 Å². The summed E-state index contributed by atoms with van der Waals surface area (Å²) in [5.41, 5.74) is 2.09. The molecule has 2 aromatic rings. The first kappa shape index (κ1) is 11.4. The lowest BCUT2D eigenvalue weighted by Gasteiger charge is -2.26. The lowest BCUT2D eigenvalue weighted by atomic mass is 10.2. The van der Waals surface area contributed by atoms with E-state index in [0.717, 1.165) is 49.8 Å². The van der Waals surface area contributed by atoms with Crippen LogP contribution in [0.3, 0.4) is 0 Å². The molecule has 94 valence electrons. The van der Waals surface area contributed by atoms with Gasteiger partial charge in [-0.25, -0.2) is 9.97 Å². The first-order chi connectivity index (χ1) is 8.92. The van der Waals surface area contributed by atoms with Crippen molar-refractivity contribution in [3.8, 4) is 11.3 Å². The van der Waals surface area contributed by atoms with Crippen molar-refractivity contribution >= 4 is 0 Å². The van der Waals surface area contributed by atoms with E-state index < -0.39 is 0 Å². The van der Waals surface area contributed by atoms with E-state index in [-0.39, 0.29) is 0 Å². The molecule has 0 aromatic carbocycles. The molecule has 3 rings (SSSR count). The first-order valence-corrected chi connectivity index (χ1v) is 6.30. The fourth-order valence-electron chi connectivity index (χ4n) is 2.19. The molecule has 18 heavy (non-hydrogen) atoms. The van der Waals surface area contributed by atoms with E-state index in [1.54, 1.807) is 0 Å². The van der Waals surface area contributed by atoms with E-state index in [9.17, 15) is 0 Å². The highest BCUT2D eigenvalue weighted by Gasteiger charge is 2.11. The number of hydrogen-bond acceptors (Lipinski definition) is 4. The molecule has 0 saturated carbocycles. The molecule has 2 N–H and O–H groups in total. The molecule has 2 aromatic heterocycles. The molecule has 1 aliphatic heterocycles. The fraction of sp³-hybridized carbons (Fsp3) is 0.385. The third-order valence-electron chi connectivity index (χ3n) is 3.17. The van der Waals surface area contributed by atoms with Crippen molar-refractivity contribution in [1.29, 1.82) is 0 Å². The van der Waals surface area contributed by atoms with Crippen molar-refractivity contribution in [2.45, 2.75) is 6.54 Å². The number of nitrogens with zero attached hydrogens (tertiary/aromatic N) is 3. The Bertz CT molecular complexity index is 488. The maximum atomic E-state index is 4.62. The van der Waals surface area contributed by atoms with Crippen molar-refractivity contribution < 1.29 is 0 Å². The predicted octanol–water partition coefficient (Wildman–Crippen LogP) is 0.877. The van der Waals surface area contributed by atoms with Gasteiger partial charge in [0.2, 0.25) is 0 Å². The van der Waals surface area contributed by atoms with Gasteiger partial charge in [-0.3, -0.25) is 4.90 Å². The van der Waals surface area contributed by atoms with Crippen LogP contribution in [0.1, 0.15) is 5.82 Å². The fourth-order valence-corrected chi connectivity index (χ4v) is 2.19. The predicted molar refractivity (Wildman–Crippen MR) is 70.0 cm³/mol. The van der Waals surface area contributed by atoms with Crippen molar-refractivity contribution in [2.24, 2.45) is 0 Å². The van der Waals surface area contributed by atoms with E-state index >= 15 is 0 Å². The topological polar surface area (TPSA) is 56.8 Å². The van der Waals surface area contributed by atoms with Gasteiger partial charge < -0.3 is 10.3 Å². The third-order valence-corrected chi connectivity index (χ3v) is 3.17. The lowest BCUT2D eigenvalue weighted by Crippen LogP contribution is -2.43. The minimum atomic E-state index is 0.833. The van der Waals surface area contributed by atoms with E-state index in [1.165, 1.54) is 0 Å². The molecular weight excluding hydrogens is 226 g/mol. The SMILES string of the molecule is c1cc(-c2cc[nH]c2)nc(CN2CCNCC2)n1. The van der Waals surface area contributed by atoms with Crippen LogP contribution in [0.15, 0.2) is 30.7 Å². The van der Waals surface area contributed by atoms with Gasteiger partial charge in [0.25, 0.3) is 0 Å². The van der Waals surface area contributed by atoms with Crippen molar-refractivity contribution in [3.05, 3.63) is 36.5 Å². The van der Waals surface area contributed by atoms with Crippen LogP contribution in [0.2, 0.25) is 0 Å². The Morgan fingerprint density at radius 3 is 2.89 bits per heavy atom. The van der Waals surface area contributed by atoms with Crippen LogP contribution in [-0.4, -0.2) is 46.0 Å². The van der Waals surface area contributed by atoms with E-state index in [4.69, 9.17) is 0 Å². The maximum Gasteiger partial charge on any atom is 0.142 e. The number of nitrogens with one attached hydrogen (secondary N) is 2. The summed E-state index contributed by atoms with van der Waals surface area (Å²) in [5.74, 6) is 0.899. The van der Waals surface area contributed by atoms with Crippen molar-refractivity contribution in [1.82, 2.24) is 25.2 Å². The molecule has 1 aliphatic rings. The van der Waals surface area contributed by atoms with Gasteiger partial charge in [0.15, 0.2) is 0 Å². The Labute approximate surface area is 106 Å². The molecular formula is C13H17N5. The van der Waals surface area contributed by atoms with Crippen LogP contribution < -0.4 is 5.32 Å². The molecule has 1 saturated heterocycles. The smallest absolute Gasteiger partial charge is 0.142 e. The molecule has 5 nitrogen and oxygen atoms in total. The van der Waals surface area contributed by atoms with Gasteiger partial charge in [0.1, 0.15) is 5.82 Å². The Kier molecular flexibility index (Phi) is 3.34. The summed E-state index contributed by atoms with van der Waals surface area (Å²) in [5, 5.41) is 3.35. The maximum absolute atomic E-state index is 4.62. The van der Waals surface area contributed by atoms with Crippen LogP contribution in [0, 0.1) is 0 Å². The Balaban J connectivity index is 1.74. The zero-order valence-corrected chi connectivity index (χ0v) is 10.3. The summed E-state index contributed by atoms with van der Waals surface area (Å²) in [6.45, 7) is 5.07. The molecule has 5 heteroatoms. The summed E-state index contributed by atoms with van der Waals surface area (Å²) in [6, 6.07) is 3.97. The number of hydrogen-bond donors (Lipinski definition) is 2. The second kappa shape index (κ2) is 5.29. The normalized spacial score (nSPS) is 16.9. The van der Waals surface area contributed by atoms with Crippen LogP contribution >= 0.6 is 0 Å². The van der Waals surface area contributed by atoms with Gasteiger partial charge in [-0.1, -0.05) is 0 Å². The molecule has 0 spiro atoms. The van der Waals surface area contributed by atoms with Crippen LogP contribution in [0.5, 0.6) is 0 Å². The van der Waals surface area contributed by atoms with Crippen LogP contribution in [0.4, 0.5) is 0 Å². The highest BCUT2D eigenvalue weighted by molar-refractivity contribution is 5.57. The van der Waals surface area contributed by atoms with Gasteiger partial charge in [-0.05, 0) is 12.1 Å². The van der Waals surface area contributed by atoms with E-state index in [2.05, 4.69) is 25.2 Å². The van der Waals surface area contributed by atoms with Crippen LogP contribution in [-0.2, 0) is 6.54 Å². The number of aromatic nitrogens is 3. The quantitative estimate of drug-likeness (QED) is 0.840. The Hall–Kier alpha value is -1.72. The number of rotatable bonds is 3. The second-order valence-electron chi connectivity index (χ2n) is 4.48. The summed E-state index contributed by atoms with van der Waals surface area (Å²) < 4.78 is 0. The summed E-state index contributed by atoms with van der Waals surface area (Å²) in [6.07, 6.45) is 5.71. The zero-order chi connectivity index (χ0) is 12.2. The zero-order valence-electron chi connectivity index (χ0n) is 10.3. The average molecular weight is 243 g/mol. The summed E-state index contributed by atoms with van der Waals surface area (Å²) in [4.78, 5) is 14.4. The largest absolute Gasteiger partial charge is 0.367 e. The van der Waals surface area contributed by atoms with Gasteiger partial charge in [0.05, 0.1) is 12.2 Å². The number of H-pyrrole nitrogens is 1. The van der Waals surface area contributed by atoms with Crippen LogP contribution in [0.25, 0.3) is 11.3 Å². The molecule has 0 bridgehead atoms. The van der Waals surface area contributed by atoms with Gasteiger partial charge in [-0.15, -0.1) is 0 Å². The summed E-state index contributed by atoms with van der Waals surface area (Å²) >= 11 is 0. The molecule has 0 radical (unpaired) electrons. The Morgan fingerprint density at radius 1 is 1.22 bits per heavy atom. The standard InChI is InChI=1S/C13H17N5/c1-3-15-9-11(1)12-2-4-16-13(17-12)10-18-7-5-14-6-8-18/h1-4,9,14-15H,5-8,10H2. The van der Waals surface area contributed by atoms with Gasteiger partial charge in [-0.2, -0.15) is 0 Å². The van der Waals surface area contributed by atoms with Crippen molar-refractivity contribution in [2.75, 3.05) is 26.2 Å². The third kappa shape index (κ3) is 2.57. The number of piperazine rings is 1. The van der Waals surface area contributed by atoms with E-state index in [0.29, 0.717) is 0 Å². The molecule has 0 unspecified atom stereocenters. The minimum Gasteiger partial charge on any atom is -0.367 e. The molecule has 0 amide bonds. The number of aromatic amines is 1. The molecule has 0 aliphatic carbocycles. The highest BCUT2D eigenvalue weighted by atomic mass is 15.2. The highest BCUT2D eigenvalue weighted by Crippen LogP contribution is 2.15. The average Bonchev–Trinajstić information content (AvgIpc) is 2.94.